The topological polar surface area (TPSA) is 116 Å². The number of allylic oxidation sites excluding steroid dienone is 1. The number of carbonyl (C=O) groups excluding carboxylic acids is 2. The minimum Gasteiger partial charge on any atom is -0.460 e. The van der Waals surface area contributed by atoms with Gasteiger partial charge in [-0.15, -0.1) is 0 Å². The quantitative estimate of drug-likeness (QED) is 0.417. The van der Waals surface area contributed by atoms with Crippen LogP contribution in [-0.4, -0.2) is 34.4 Å². The Labute approximate surface area is 236 Å². The summed E-state index contributed by atoms with van der Waals surface area (Å²) in [4.78, 5) is 30.8. The van der Waals surface area contributed by atoms with E-state index in [1.165, 1.54) is 31.2 Å². The Hall–Kier alpha value is -4.89. The third-order valence-corrected chi connectivity index (χ3v) is 8.13. The maximum atomic E-state index is 15.6. The van der Waals surface area contributed by atoms with Crippen molar-refractivity contribution >= 4 is 18.0 Å². The van der Waals surface area contributed by atoms with Crippen LogP contribution >= 0.6 is 0 Å². The lowest BCUT2D eigenvalue weighted by molar-refractivity contribution is -0.158. The van der Waals surface area contributed by atoms with E-state index in [9.17, 15) is 20.1 Å². The van der Waals surface area contributed by atoms with E-state index >= 15 is 8.78 Å². The smallest absolute Gasteiger partial charge is 0.332 e. The molecule has 1 saturated heterocycles. The zero-order valence-corrected chi connectivity index (χ0v) is 22.3. The summed E-state index contributed by atoms with van der Waals surface area (Å²) in [5.74, 6) is -7.70. The molecule has 9 heteroatoms. The number of aromatic nitrogens is 1. The summed E-state index contributed by atoms with van der Waals surface area (Å²) in [7, 11) is 0. The molecule has 0 spiro atoms. The largest absolute Gasteiger partial charge is 0.460 e. The number of nitrogens with one attached hydrogen (secondary N) is 1. The first-order valence-electron chi connectivity index (χ1n) is 13.1. The minimum atomic E-state index is -3.30. The first kappa shape index (κ1) is 27.7. The zero-order valence-electron chi connectivity index (χ0n) is 22.3. The van der Waals surface area contributed by atoms with Gasteiger partial charge in [-0.3, -0.25) is 9.78 Å². The van der Waals surface area contributed by atoms with Crippen molar-refractivity contribution in [2.75, 3.05) is 0 Å². The molecule has 206 valence electrons. The van der Waals surface area contributed by atoms with E-state index in [2.05, 4.69) is 16.4 Å². The molecule has 1 aliphatic heterocycles. The maximum Gasteiger partial charge on any atom is 0.332 e. The third-order valence-electron chi connectivity index (χ3n) is 8.13. The van der Waals surface area contributed by atoms with Crippen molar-refractivity contribution in [2.45, 2.75) is 37.8 Å². The van der Waals surface area contributed by atoms with Crippen LogP contribution in [0.15, 0.2) is 72.9 Å². The zero-order chi connectivity index (χ0) is 29.4. The molecule has 5 rings (SSSR count). The van der Waals surface area contributed by atoms with Crippen LogP contribution in [0.1, 0.15) is 47.4 Å². The Morgan fingerprint density at radius 3 is 2.59 bits per heavy atom. The Balaban J connectivity index is 1.47. The molecule has 1 amide bonds. The molecule has 41 heavy (non-hydrogen) atoms. The van der Waals surface area contributed by atoms with Crippen molar-refractivity contribution < 1.29 is 23.1 Å². The number of ether oxygens (including phenoxy) is 1. The van der Waals surface area contributed by atoms with Crippen molar-refractivity contribution in [3.63, 3.8) is 0 Å². The number of esters is 1. The molecule has 1 aliphatic carbocycles. The van der Waals surface area contributed by atoms with Gasteiger partial charge < -0.3 is 10.1 Å². The number of halogens is 2. The molecule has 2 aliphatic rings. The van der Waals surface area contributed by atoms with Gasteiger partial charge in [0, 0.05) is 41.1 Å². The average molecular weight is 553 g/mol. The second-order valence-corrected chi connectivity index (χ2v) is 10.5. The van der Waals surface area contributed by atoms with Gasteiger partial charge in [0.15, 0.2) is 5.54 Å². The van der Waals surface area contributed by atoms with Gasteiger partial charge in [0.05, 0.1) is 29.0 Å². The van der Waals surface area contributed by atoms with Crippen LogP contribution in [0.4, 0.5) is 8.78 Å². The van der Waals surface area contributed by atoms with Gasteiger partial charge in [-0.1, -0.05) is 43.3 Å². The number of hydrogen-bond donors (Lipinski definition) is 1. The molecule has 3 aromatic rings. The van der Waals surface area contributed by atoms with E-state index in [-0.39, 0.29) is 11.1 Å². The van der Waals surface area contributed by atoms with E-state index < -0.39 is 53.6 Å². The summed E-state index contributed by atoms with van der Waals surface area (Å²) in [5, 5.41) is 21.2. The number of alkyl halides is 2. The number of benzene rings is 2. The van der Waals surface area contributed by atoms with Crippen LogP contribution in [0.25, 0.3) is 17.2 Å². The van der Waals surface area contributed by atoms with E-state index in [4.69, 9.17) is 4.74 Å². The monoisotopic (exact) mass is 552 g/mol. The Morgan fingerprint density at radius 1 is 1.10 bits per heavy atom. The molecule has 0 bridgehead atoms. The average Bonchev–Trinajstić information content (AvgIpc) is 3.21. The molecule has 5 atom stereocenters. The van der Waals surface area contributed by atoms with Crippen molar-refractivity contribution in [1.29, 1.82) is 10.5 Å². The van der Waals surface area contributed by atoms with Gasteiger partial charge in [-0.2, -0.15) is 10.5 Å². The van der Waals surface area contributed by atoms with Gasteiger partial charge in [0.25, 0.3) is 11.8 Å². The van der Waals surface area contributed by atoms with Gasteiger partial charge in [0.1, 0.15) is 6.10 Å². The lowest BCUT2D eigenvalue weighted by Crippen LogP contribution is -2.66. The van der Waals surface area contributed by atoms with Crippen LogP contribution < -0.4 is 5.32 Å². The summed E-state index contributed by atoms with van der Waals surface area (Å²) in [6.45, 7) is 3.07. The highest BCUT2D eigenvalue weighted by atomic mass is 19.3. The third kappa shape index (κ3) is 4.96. The predicted molar refractivity (Wildman–Crippen MR) is 146 cm³/mol. The molecular formula is C32H26F2N4O3. The Bertz CT molecular complexity index is 1620. The molecule has 0 radical (unpaired) electrons. The molecule has 1 aromatic heterocycles. The Morgan fingerprint density at radius 2 is 1.88 bits per heavy atom. The molecule has 7 nitrogen and oxygen atoms in total. The number of fused-ring (bicyclic) bond motifs is 1. The second kappa shape index (κ2) is 10.6. The standard InChI is InChI=1S/C32H26F2N4O3/c1-19-26(13-12-25-11-10-24(17-37-25)27-9-4-3-7-23(27)16-36)28-20(2)41-30(40)31(28,18-32(19,33)34)38-29(39)22-8-5-6-21(14-22)15-35/h3-14,17,19-20,26,28H,18H2,1-2H3,(H,38,39)/b13-12+/t19-,20+,26-,28-,31-/m0/s1. The first-order valence-corrected chi connectivity index (χ1v) is 13.1. The highest BCUT2D eigenvalue weighted by molar-refractivity contribution is 5.99. The predicted octanol–water partition coefficient (Wildman–Crippen LogP) is 5.53. The fourth-order valence-electron chi connectivity index (χ4n) is 6.02. The molecule has 0 unspecified atom stereocenters. The summed E-state index contributed by atoms with van der Waals surface area (Å²) >= 11 is 0. The molecule has 1 N–H and O–H groups in total. The fraction of sp³-hybridized carbons (Fsp3) is 0.281. The van der Waals surface area contributed by atoms with Gasteiger partial charge in [0.2, 0.25) is 0 Å². The molecular weight excluding hydrogens is 526 g/mol. The number of cyclic esters (lactones) is 1. The van der Waals surface area contributed by atoms with Crippen molar-refractivity contribution in [3.8, 4) is 23.3 Å². The number of pyridine rings is 1. The molecule has 2 aromatic carbocycles. The molecule has 2 fully saturated rings. The number of nitrogens with zero attached hydrogens (tertiary/aromatic N) is 3. The van der Waals surface area contributed by atoms with Crippen LogP contribution in [0.2, 0.25) is 0 Å². The number of rotatable bonds is 5. The SMILES string of the molecule is C[C@H]1OC(=O)[C@]2(NC(=O)c3cccc(C#N)c3)CC(F)(F)[C@@H](C)[C@H](/C=C/c3ccc(-c4ccccc4C#N)cn3)[C@H]12. The van der Waals surface area contributed by atoms with Crippen LogP contribution in [0, 0.1) is 40.4 Å². The number of carbonyl (C=O) groups is 2. The number of nitriles is 2. The van der Waals surface area contributed by atoms with Gasteiger partial charge >= 0.3 is 5.97 Å². The first-order chi connectivity index (χ1) is 19.6. The van der Waals surface area contributed by atoms with Crippen LogP contribution in [0.5, 0.6) is 0 Å². The molecule has 2 heterocycles. The molecule has 1 saturated carbocycles. The summed E-state index contributed by atoms with van der Waals surface area (Å²) in [6, 6.07) is 20.6. The van der Waals surface area contributed by atoms with Gasteiger partial charge in [-0.05, 0) is 49.2 Å². The second-order valence-electron chi connectivity index (χ2n) is 10.5. The fourth-order valence-corrected chi connectivity index (χ4v) is 6.02. The summed E-state index contributed by atoms with van der Waals surface area (Å²) in [5.41, 5.74) is 0.839. The van der Waals surface area contributed by atoms with Crippen molar-refractivity contribution in [3.05, 3.63) is 95.3 Å². The van der Waals surface area contributed by atoms with E-state index in [0.717, 1.165) is 11.1 Å². The Kier molecular flexibility index (Phi) is 7.15. The minimum absolute atomic E-state index is 0.0841. The van der Waals surface area contributed by atoms with Crippen molar-refractivity contribution in [1.82, 2.24) is 10.3 Å². The summed E-state index contributed by atoms with van der Waals surface area (Å²) in [6.07, 6.45) is 3.22. The lowest BCUT2D eigenvalue weighted by Gasteiger charge is -2.47. The summed E-state index contributed by atoms with van der Waals surface area (Å²) < 4.78 is 36.6. The number of amides is 1. The highest BCUT2D eigenvalue weighted by Crippen LogP contribution is 2.55. The van der Waals surface area contributed by atoms with E-state index in [0.29, 0.717) is 11.3 Å². The maximum absolute atomic E-state index is 15.6. The lowest BCUT2D eigenvalue weighted by atomic mass is 9.60. The van der Waals surface area contributed by atoms with E-state index in [1.807, 2.05) is 18.2 Å². The van der Waals surface area contributed by atoms with Crippen LogP contribution in [0.3, 0.4) is 0 Å². The highest BCUT2D eigenvalue weighted by Gasteiger charge is 2.68. The van der Waals surface area contributed by atoms with Crippen LogP contribution in [-0.2, 0) is 9.53 Å². The number of hydrogen-bond acceptors (Lipinski definition) is 6. The van der Waals surface area contributed by atoms with Gasteiger partial charge in [-0.25, -0.2) is 13.6 Å². The van der Waals surface area contributed by atoms with E-state index in [1.54, 1.807) is 49.5 Å². The van der Waals surface area contributed by atoms with Crippen molar-refractivity contribution in [2.24, 2.45) is 17.8 Å². The normalized spacial score (nSPS) is 26.4.